The second-order valence-electron chi connectivity index (χ2n) is 7.04. The number of phosphoric ester groups is 1. The molecule has 2 saturated heterocycles. The Kier molecular flexibility index (Phi) is 6.42. The first-order valence-corrected chi connectivity index (χ1v) is 13.6. The molecule has 0 aromatic carbocycles. The highest BCUT2D eigenvalue weighted by Gasteiger charge is 2.43. The Morgan fingerprint density at radius 1 is 1.12 bits per heavy atom. The normalized spacial score (nSPS) is 26.9. The third-order valence-corrected chi connectivity index (χ3v) is 8.30. The molecule has 18 nitrogen and oxygen atoms in total. The first-order valence-electron chi connectivity index (χ1n) is 9.10. The van der Waals surface area contributed by atoms with Gasteiger partial charge in [0.1, 0.15) is 12.3 Å². The number of fused-ring (bicyclic) bond motifs is 1. The highest BCUT2D eigenvalue weighted by molar-refractivity contribution is 7.66. The molecule has 33 heavy (non-hydrogen) atoms. The van der Waals surface area contributed by atoms with Gasteiger partial charge in [0.15, 0.2) is 17.0 Å². The summed E-state index contributed by atoms with van der Waals surface area (Å²) in [5.74, 6) is 0.563. The lowest BCUT2D eigenvalue weighted by Crippen LogP contribution is -2.26. The zero-order valence-electron chi connectivity index (χ0n) is 16.4. The fourth-order valence-electron chi connectivity index (χ4n) is 3.12. The van der Waals surface area contributed by atoms with Crippen LogP contribution in [0, 0.1) is 0 Å². The van der Waals surface area contributed by atoms with Gasteiger partial charge in [0.05, 0.1) is 19.0 Å². The van der Waals surface area contributed by atoms with Crippen molar-refractivity contribution < 1.29 is 56.3 Å². The lowest BCUT2D eigenvalue weighted by Gasteiger charge is -2.19. The minimum atomic E-state index is -5.65. The predicted octanol–water partition coefficient (Wildman–Crippen LogP) is -0.780. The maximum Gasteiger partial charge on any atom is 0.490 e. The molecule has 2 aliphatic heterocycles. The fourth-order valence-corrected chi connectivity index (χ4v) is 6.15. The monoisotopic (exact) mass is 532 g/mol. The lowest BCUT2D eigenvalue weighted by molar-refractivity contribution is -0.0423. The number of anilines is 2. The number of nitrogens with two attached hydrogens (primary N) is 1. The first kappa shape index (κ1) is 24.6. The van der Waals surface area contributed by atoms with Crippen LogP contribution in [0.2, 0.25) is 0 Å². The van der Waals surface area contributed by atoms with Gasteiger partial charge in [0.2, 0.25) is 5.95 Å². The molecular weight excluding hydrogens is 513 g/mol. The number of hydrogen-bond acceptors (Lipinski definition) is 13. The Morgan fingerprint density at radius 2 is 1.82 bits per heavy atom. The summed E-state index contributed by atoms with van der Waals surface area (Å²) in [6.45, 7) is 0.795. The summed E-state index contributed by atoms with van der Waals surface area (Å²) < 4.78 is 52.8. The van der Waals surface area contributed by atoms with E-state index in [2.05, 4.69) is 28.1 Å². The second kappa shape index (κ2) is 8.61. The van der Waals surface area contributed by atoms with Gasteiger partial charge in [-0.1, -0.05) is 0 Å². The van der Waals surface area contributed by atoms with E-state index >= 15 is 0 Å². The van der Waals surface area contributed by atoms with Crippen LogP contribution in [0.5, 0.6) is 0 Å². The van der Waals surface area contributed by atoms with Crippen molar-refractivity contribution in [1.29, 1.82) is 0 Å². The smallest absolute Gasteiger partial charge is 0.390 e. The van der Waals surface area contributed by atoms with E-state index in [0.717, 1.165) is 13.1 Å². The minimum Gasteiger partial charge on any atom is -0.390 e. The molecule has 2 aromatic heterocycles. The molecule has 0 bridgehead atoms. The Labute approximate surface area is 184 Å². The van der Waals surface area contributed by atoms with Crippen molar-refractivity contribution >= 4 is 46.4 Å². The summed E-state index contributed by atoms with van der Waals surface area (Å²) in [4.78, 5) is 50.3. The Bertz CT molecular complexity index is 1200. The minimum absolute atomic E-state index is 0.00115. The van der Waals surface area contributed by atoms with Crippen molar-refractivity contribution in [1.82, 2.24) is 19.5 Å². The third-order valence-electron chi connectivity index (χ3n) is 4.50. The quantitative estimate of drug-likeness (QED) is 0.171. The Morgan fingerprint density at radius 3 is 2.45 bits per heavy atom. The van der Waals surface area contributed by atoms with Crippen molar-refractivity contribution in [2.24, 2.45) is 0 Å². The molecule has 4 heterocycles. The predicted molar refractivity (Wildman–Crippen MR) is 106 cm³/mol. The van der Waals surface area contributed by atoms with Crippen molar-refractivity contribution in [2.75, 3.05) is 30.3 Å². The average molecular weight is 532 g/mol. The van der Waals surface area contributed by atoms with E-state index in [1.165, 1.54) is 10.9 Å². The summed E-state index contributed by atoms with van der Waals surface area (Å²) in [5.41, 5.74) is 6.59. The third kappa shape index (κ3) is 5.95. The van der Waals surface area contributed by atoms with E-state index in [-0.39, 0.29) is 12.4 Å². The van der Waals surface area contributed by atoms with Crippen LogP contribution in [-0.4, -0.2) is 76.1 Å². The van der Waals surface area contributed by atoms with E-state index in [1.54, 1.807) is 0 Å². The van der Waals surface area contributed by atoms with Crippen LogP contribution in [0.4, 0.5) is 11.8 Å². The molecule has 0 amide bonds. The zero-order valence-corrected chi connectivity index (χ0v) is 19.1. The van der Waals surface area contributed by atoms with Gasteiger partial charge in [-0.25, -0.2) is 18.7 Å². The van der Waals surface area contributed by atoms with Crippen LogP contribution in [0.3, 0.4) is 0 Å². The molecule has 7 N–H and O–H groups in total. The van der Waals surface area contributed by atoms with Gasteiger partial charge >= 0.3 is 23.5 Å². The fraction of sp³-hybridized carbons (Fsp3) is 0.583. The average Bonchev–Trinajstić information content (AvgIpc) is 3.30. The number of rotatable bonds is 9. The molecule has 0 saturated carbocycles. The Hall–Kier alpha value is -1.52. The van der Waals surface area contributed by atoms with E-state index in [4.69, 9.17) is 20.3 Å². The van der Waals surface area contributed by atoms with Gasteiger partial charge in [0.25, 0.3) is 0 Å². The molecule has 21 heteroatoms. The van der Waals surface area contributed by atoms with Crippen molar-refractivity contribution in [2.45, 2.75) is 24.9 Å². The molecular formula is C12H19N6O12P3. The number of aliphatic hydroxyl groups excluding tert-OH is 1. The molecule has 184 valence electrons. The molecule has 2 aromatic rings. The van der Waals surface area contributed by atoms with E-state index < -0.39 is 48.5 Å². The molecule has 5 atom stereocenters. The topological polar surface area (TPSA) is 262 Å². The first-order chi connectivity index (χ1) is 15.2. The number of aromatic nitrogens is 4. The second-order valence-corrected chi connectivity index (χ2v) is 11.5. The van der Waals surface area contributed by atoms with Crippen LogP contribution in [0.1, 0.15) is 12.6 Å². The standard InChI is InChI=1S/C12H19N6O12P3/c13-12-15-10(17-1-2-17)9-11(16-12)18(5-14-9)8-3-6(19)7(28-8)4-27-32(23,24)30-33(25,26)29-31(20,21)22/h5-8,19H,1-4H2,(H,23,24)(H,25,26)(H2,13,15,16)(H2,20,21,22)/t6-,7+,8+/m0/s1. The van der Waals surface area contributed by atoms with Crippen LogP contribution in [0.15, 0.2) is 6.33 Å². The van der Waals surface area contributed by atoms with Crippen LogP contribution in [-0.2, 0) is 31.6 Å². The summed E-state index contributed by atoms with van der Waals surface area (Å²) in [6, 6.07) is 0. The molecule has 2 aliphatic rings. The van der Waals surface area contributed by atoms with Crippen molar-refractivity contribution in [3.05, 3.63) is 6.33 Å². The largest absolute Gasteiger partial charge is 0.490 e. The number of nitrogen functional groups attached to an aromatic ring is 1. The van der Waals surface area contributed by atoms with Gasteiger partial charge < -0.3 is 40.1 Å². The molecule has 4 rings (SSSR count). The van der Waals surface area contributed by atoms with Crippen LogP contribution >= 0.6 is 23.5 Å². The van der Waals surface area contributed by atoms with Gasteiger partial charge in [-0.15, -0.1) is 0 Å². The summed E-state index contributed by atoms with van der Waals surface area (Å²) in [5, 5.41) is 10.3. The molecule has 0 spiro atoms. The summed E-state index contributed by atoms with van der Waals surface area (Å²) in [7, 11) is -16.5. The molecule has 2 fully saturated rings. The van der Waals surface area contributed by atoms with Gasteiger partial charge in [-0.05, 0) is 0 Å². The molecule has 0 radical (unpaired) electrons. The number of hydrogen-bond donors (Lipinski definition) is 6. The maximum atomic E-state index is 11.9. The van der Waals surface area contributed by atoms with E-state index in [1.807, 2.05) is 4.90 Å². The number of phosphoric acid groups is 3. The van der Waals surface area contributed by atoms with E-state index in [9.17, 15) is 28.6 Å². The summed E-state index contributed by atoms with van der Waals surface area (Å²) >= 11 is 0. The van der Waals surface area contributed by atoms with Gasteiger partial charge in [0, 0.05) is 19.5 Å². The highest BCUT2D eigenvalue weighted by Crippen LogP contribution is 2.66. The van der Waals surface area contributed by atoms with Crippen molar-refractivity contribution in [3.8, 4) is 0 Å². The Balaban J connectivity index is 1.43. The number of nitrogens with zero attached hydrogens (tertiary/aromatic N) is 5. The number of imidazole rings is 1. The van der Waals surface area contributed by atoms with Crippen LogP contribution < -0.4 is 10.6 Å². The van der Waals surface area contributed by atoms with Gasteiger partial charge in [-0.3, -0.25) is 9.09 Å². The van der Waals surface area contributed by atoms with Gasteiger partial charge in [-0.2, -0.15) is 18.6 Å². The van der Waals surface area contributed by atoms with E-state index in [0.29, 0.717) is 17.0 Å². The summed E-state index contributed by atoms with van der Waals surface area (Å²) in [6.07, 6.45) is -1.81. The lowest BCUT2D eigenvalue weighted by atomic mass is 10.2. The maximum absolute atomic E-state index is 11.9. The number of ether oxygens (including phenoxy) is 1. The molecule has 0 aliphatic carbocycles. The highest BCUT2D eigenvalue weighted by atomic mass is 31.3. The van der Waals surface area contributed by atoms with Crippen molar-refractivity contribution in [3.63, 3.8) is 0 Å². The number of aliphatic hydroxyl groups is 1. The zero-order chi connectivity index (χ0) is 24.2. The van der Waals surface area contributed by atoms with Crippen LogP contribution in [0.25, 0.3) is 11.2 Å². The molecule has 2 unspecified atom stereocenters. The SMILES string of the molecule is Nc1nc(N2CC2)c2ncn([C@H]3C[C@H](O)[C@@H](COP(=O)(O)OP(=O)(O)OP(=O)(O)O)O3)c2n1.